The molecule has 2 aromatic heterocycles. The number of amides is 1. The molecule has 1 saturated heterocycles. The monoisotopic (exact) mass is 416 g/mol. The number of piperidine rings is 1. The van der Waals surface area contributed by atoms with E-state index in [2.05, 4.69) is 19.9 Å². The number of fused-ring (bicyclic) bond motifs is 1. The number of para-hydroxylation sites is 1. The largest absolute Gasteiger partial charge is 0.469 e. The van der Waals surface area contributed by atoms with Crippen molar-refractivity contribution in [2.45, 2.75) is 25.7 Å². The Morgan fingerprint density at radius 2 is 1.94 bits per heavy atom. The zero-order valence-corrected chi connectivity index (χ0v) is 17.2. The molecule has 4 heterocycles. The Kier molecular flexibility index (Phi) is 5.21. The standard InChI is InChI=1S/C23H24N6O2/c24-21-16(13-17-7-6-12-31-17)14-25-23(27-21)26-20-18-8-2-3-9-19(18)29(22(20)30)15-28-10-4-1-5-11-28/h2-3,6-9,12,14H,1,4-5,10-11,13,15H2,(H2,24,25,27). The number of nitrogens with two attached hydrogens (primary N) is 1. The Bertz CT molecular complexity index is 1120. The third-order valence-corrected chi connectivity index (χ3v) is 5.73. The van der Waals surface area contributed by atoms with Crippen molar-refractivity contribution < 1.29 is 9.21 Å². The van der Waals surface area contributed by atoms with Crippen molar-refractivity contribution in [3.63, 3.8) is 0 Å². The number of carbonyl (C=O) groups is 1. The van der Waals surface area contributed by atoms with Crippen molar-refractivity contribution in [1.82, 2.24) is 14.9 Å². The predicted octanol–water partition coefficient (Wildman–Crippen LogP) is 3.15. The number of hydrogen-bond acceptors (Lipinski definition) is 7. The van der Waals surface area contributed by atoms with Gasteiger partial charge in [-0.25, -0.2) is 9.98 Å². The second-order valence-electron chi connectivity index (χ2n) is 7.87. The maximum Gasteiger partial charge on any atom is 0.278 e. The fourth-order valence-corrected chi connectivity index (χ4v) is 4.11. The Balaban J connectivity index is 1.42. The molecule has 3 aromatic rings. The van der Waals surface area contributed by atoms with E-state index in [1.54, 1.807) is 17.4 Å². The lowest BCUT2D eigenvalue weighted by molar-refractivity contribution is -0.112. The first-order valence-corrected chi connectivity index (χ1v) is 10.5. The van der Waals surface area contributed by atoms with E-state index in [4.69, 9.17) is 10.2 Å². The predicted molar refractivity (Wildman–Crippen MR) is 118 cm³/mol. The molecule has 0 radical (unpaired) electrons. The van der Waals surface area contributed by atoms with E-state index >= 15 is 0 Å². The molecule has 0 saturated carbocycles. The van der Waals surface area contributed by atoms with Crippen LogP contribution in [-0.2, 0) is 11.2 Å². The molecule has 2 N–H and O–H groups in total. The van der Waals surface area contributed by atoms with Crippen LogP contribution in [0.25, 0.3) is 0 Å². The maximum atomic E-state index is 13.3. The minimum Gasteiger partial charge on any atom is -0.469 e. The van der Waals surface area contributed by atoms with Crippen LogP contribution in [0.3, 0.4) is 0 Å². The highest BCUT2D eigenvalue weighted by molar-refractivity contribution is 6.54. The molecule has 0 atom stereocenters. The van der Waals surface area contributed by atoms with Crippen molar-refractivity contribution in [3.8, 4) is 0 Å². The van der Waals surface area contributed by atoms with Crippen LogP contribution in [0.15, 0.2) is 58.3 Å². The second kappa shape index (κ2) is 8.31. The Labute approximate surface area is 180 Å². The van der Waals surface area contributed by atoms with E-state index in [0.29, 0.717) is 24.6 Å². The highest BCUT2D eigenvalue weighted by Crippen LogP contribution is 2.31. The van der Waals surface area contributed by atoms with E-state index in [-0.39, 0.29) is 11.9 Å². The van der Waals surface area contributed by atoms with E-state index < -0.39 is 0 Å². The Hall–Kier alpha value is -3.52. The zero-order chi connectivity index (χ0) is 21.2. The maximum absolute atomic E-state index is 13.3. The quantitative estimate of drug-likeness (QED) is 0.686. The van der Waals surface area contributed by atoms with Gasteiger partial charge in [0, 0.05) is 23.7 Å². The number of aliphatic imine (C=N–C) groups is 1. The van der Waals surface area contributed by atoms with Gasteiger partial charge in [0.25, 0.3) is 11.9 Å². The van der Waals surface area contributed by atoms with Crippen LogP contribution >= 0.6 is 0 Å². The van der Waals surface area contributed by atoms with Gasteiger partial charge in [0.05, 0.1) is 18.6 Å². The van der Waals surface area contributed by atoms with Gasteiger partial charge in [-0.05, 0) is 44.1 Å². The highest BCUT2D eigenvalue weighted by Gasteiger charge is 2.35. The number of benzene rings is 1. The molecule has 0 spiro atoms. The van der Waals surface area contributed by atoms with Gasteiger partial charge in [0.1, 0.15) is 17.3 Å². The SMILES string of the molecule is Nc1nc(N=C2C(=O)N(CN3CCCCC3)c3ccccc32)ncc1Cc1ccco1. The van der Waals surface area contributed by atoms with Gasteiger partial charge in [-0.15, -0.1) is 0 Å². The van der Waals surface area contributed by atoms with Gasteiger partial charge >= 0.3 is 0 Å². The van der Waals surface area contributed by atoms with E-state index in [0.717, 1.165) is 35.7 Å². The number of furan rings is 1. The number of nitrogen functional groups attached to an aromatic ring is 1. The van der Waals surface area contributed by atoms with Gasteiger partial charge < -0.3 is 10.2 Å². The van der Waals surface area contributed by atoms with Crippen molar-refractivity contribution in [3.05, 3.63) is 65.7 Å². The summed E-state index contributed by atoms with van der Waals surface area (Å²) in [5.41, 5.74) is 8.91. The van der Waals surface area contributed by atoms with Crippen molar-refractivity contribution >= 4 is 29.1 Å². The molecule has 8 nitrogen and oxygen atoms in total. The average molecular weight is 416 g/mol. The molecule has 0 unspecified atom stereocenters. The summed E-state index contributed by atoms with van der Waals surface area (Å²) in [5, 5.41) is 0. The van der Waals surface area contributed by atoms with Crippen molar-refractivity contribution in [1.29, 1.82) is 0 Å². The lowest BCUT2D eigenvalue weighted by Crippen LogP contribution is -2.43. The molecule has 1 fully saturated rings. The lowest BCUT2D eigenvalue weighted by atomic mass is 10.1. The summed E-state index contributed by atoms with van der Waals surface area (Å²) in [6, 6.07) is 11.4. The summed E-state index contributed by atoms with van der Waals surface area (Å²) in [4.78, 5) is 30.5. The molecule has 31 heavy (non-hydrogen) atoms. The normalized spacial score (nSPS) is 18.0. The van der Waals surface area contributed by atoms with E-state index in [1.807, 2.05) is 36.4 Å². The topological polar surface area (TPSA) is 101 Å². The number of carbonyl (C=O) groups excluding carboxylic acids is 1. The van der Waals surface area contributed by atoms with Crippen LogP contribution < -0.4 is 10.6 Å². The zero-order valence-electron chi connectivity index (χ0n) is 17.2. The van der Waals surface area contributed by atoms with Crippen LogP contribution in [0.4, 0.5) is 17.5 Å². The molecule has 0 aliphatic carbocycles. The first-order chi connectivity index (χ1) is 15.2. The van der Waals surface area contributed by atoms with Gasteiger partial charge in [0.15, 0.2) is 0 Å². The van der Waals surface area contributed by atoms with Crippen LogP contribution in [-0.4, -0.2) is 46.2 Å². The number of rotatable bonds is 5. The number of anilines is 2. The summed E-state index contributed by atoms with van der Waals surface area (Å²) in [6.45, 7) is 2.59. The van der Waals surface area contributed by atoms with Crippen LogP contribution in [0, 0.1) is 0 Å². The summed E-state index contributed by atoms with van der Waals surface area (Å²) >= 11 is 0. The van der Waals surface area contributed by atoms with E-state index in [9.17, 15) is 4.79 Å². The van der Waals surface area contributed by atoms with Crippen LogP contribution in [0.2, 0.25) is 0 Å². The van der Waals surface area contributed by atoms with Crippen LogP contribution in [0.1, 0.15) is 36.1 Å². The Morgan fingerprint density at radius 3 is 2.71 bits per heavy atom. The molecule has 2 aliphatic rings. The third kappa shape index (κ3) is 3.94. The Morgan fingerprint density at radius 1 is 1.10 bits per heavy atom. The fraction of sp³-hybridized carbons (Fsp3) is 0.304. The van der Waals surface area contributed by atoms with Gasteiger partial charge in [-0.1, -0.05) is 24.6 Å². The van der Waals surface area contributed by atoms with Gasteiger partial charge in [-0.2, -0.15) is 4.98 Å². The molecule has 5 rings (SSSR count). The number of likely N-dealkylation sites (tertiary alicyclic amines) is 1. The average Bonchev–Trinajstić information content (AvgIpc) is 3.39. The first-order valence-electron chi connectivity index (χ1n) is 10.5. The smallest absolute Gasteiger partial charge is 0.278 e. The van der Waals surface area contributed by atoms with E-state index in [1.165, 1.54) is 19.3 Å². The minimum atomic E-state index is -0.131. The minimum absolute atomic E-state index is 0.131. The summed E-state index contributed by atoms with van der Waals surface area (Å²) < 4.78 is 5.36. The lowest BCUT2D eigenvalue weighted by Gasteiger charge is -2.30. The molecular formula is C23H24N6O2. The van der Waals surface area contributed by atoms with Crippen molar-refractivity contribution in [2.75, 3.05) is 30.4 Å². The molecule has 158 valence electrons. The highest BCUT2D eigenvalue weighted by atomic mass is 16.3. The number of hydrogen-bond donors (Lipinski definition) is 1. The van der Waals surface area contributed by atoms with Crippen LogP contribution in [0.5, 0.6) is 0 Å². The van der Waals surface area contributed by atoms with Crippen molar-refractivity contribution in [2.24, 2.45) is 4.99 Å². The summed E-state index contributed by atoms with van der Waals surface area (Å²) in [5.74, 6) is 1.16. The second-order valence-corrected chi connectivity index (χ2v) is 7.87. The van der Waals surface area contributed by atoms with Gasteiger partial charge in [0.2, 0.25) is 0 Å². The molecule has 0 bridgehead atoms. The molecular weight excluding hydrogens is 392 g/mol. The molecule has 2 aliphatic heterocycles. The molecule has 1 amide bonds. The number of nitrogens with zero attached hydrogens (tertiary/aromatic N) is 5. The number of aromatic nitrogens is 2. The summed E-state index contributed by atoms with van der Waals surface area (Å²) in [7, 11) is 0. The summed E-state index contributed by atoms with van der Waals surface area (Å²) in [6.07, 6.45) is 7.35. The van der Waals surface area contributed by atoms with Gasteiger partial charge in [-0.3, -0.25) is 14.6 Å². The molecule has 8 heteroatoms. The fourth-order valence-electron chi connectivity index (χ4n) is 4.11. The first kappa shape index (κ1) is 19.4. The third-order valence-electron chi connectivity index (χ3n) is 5.73. The molecule has 1 aromatic carbocycles.